The molecule has 5 nitrogen and oxygen atoms in total. The number of urea groups is 1. The molecule has 1 aromatic carbocycles. The second-order valence-electron chi connectivity index (χ2n) is 8.57. The third-order valence-corrected chi connectivity index (χ3v) is 6.32. The van der Waals surface area contributed by atoms with E-state index in [9.17, 15) is 4.79 Å². The van der Waals surface area contributed by atoms with Gasteiger partial charge < -0.3 is 10.2 Å². The molecule has 1 aliphatic carbocycles. The summed E-state index contributed by atoms with van der Waals surface area (Å²) >= 11 is 0. The minimum absolute atomic E-state index is 0.0330. The number of anilines is 1. The molecule has 3 atom stereocenters. The van der Waals surface area contributed by atoms with Gasteiger partial charge in [0.05, 0.1) is 0 Å². The Morgan fingerprint density at radius 3 is 2.67 bits per heavy atom. The first-order valence-electron chi connectivity index (χ1n) is 10.1. The predicted octanol–water partition coefficient (Wildman–Crippen LogP) is 4.73. The number of nitrogens with one attached hydrogen (secondary N) is 1. The first-order valence-corrected chi connectivity index (χ1v) is 10.1. The van der Waals surface area contributed by atoms with Crippen molar-refractivity contribution < 1.29 is 4.79 Å². The number of benzene rings is 1. The number of piperidine rings is 1. The Bertz CT molecular complexity index is 880. The first kappa shape index (κ1) is 16.7. The molecule has 0 spiro atoms. The number of hydrogen-bond acceptors (Lipinski definition) is 3. The molecular formula is C22H26N4O. The molecule has 1 saturated carbocycles. The van der Waals surface area contributed by atoms with Gasteiger partial charge in [0, 0.05) is 41.1 Å². The lowest BCUT2D eigenvalue weighted by Crippen LogP contribution is -2.63. The number of aromatic nitrogens is 2. The smallest absolute Gasteiger partial charge is 0.318 e. The third-order valence-electron chi connectivity index (χ3n) is 6.32. The molecule has 2 saturated heterocycles. The summed E-state index contributed by atoms with van der Waals surface area (Å²) in [4.78, 5) is 24.1. The lowest BCUT2D eigenvalue weighted by atomic mass is 9.74. The van der Waals surface area contributed by atoms with Gasteiger partial charge >= 0.3 is 6.03 Å². The Morgan fingerprint density at radius 2 is 1.93 bits per heavy atom. The van der Waals surface area contributed by atoms with E-state index >= 15 is 0 Å². The number of hydrogen-bond donors (Lipinski definition) is 1. The summed E-state index contributed by atoms with van der Waals surface area (Å²) in [6, 6.07) is 8.91. The Labute approximate surface area is 160 Å². The number of amides is 2. The van der Waals surface area contributed by atoms with Crippen molar-refractivity contribution in [3.05, 3.63) is 41.7 Å². The van der Waals surface area contributed by atoms with E-state index in [1.807, 2.05) is 35.4 Å². The van der Waals surface area contributed by atoms with E-state index in [1.165, 1.54) is 19.3 Å². The molecule has 1 N–H and O–H groups in total. The van der Waals surface area contributed by atoms with Crippen molar-refractivity contribution in [3.63, 3.8) is 0 Å². The van der Waals surface area contributed by atoms with Crippen molar-refractivity contribution >= 4 is 11.7 Å². The molecule has 3 aliphatic rings. The van der Waals surface area contributed by atoms with Gasteiger partial charge in [-0.2, -0.15) is 0 Å². The van der Waals surface area contributed by atoms with Crippen LogP contribution in [0.15, 0.2) is 30.5 Å². The predicted molar refractivity (Wildman–Crippen MR) is 106 cm³/mol. The topological polar surface area (TPSA) is 58.1 Å². The van der Waals surface area contributed by atoms with Crippen molar-refractivity contribution in [2.24, 2.45) is 5.92 Å². The molecule has 2 amide bonds. The van der Waals surface area contributed by atoms with Crippen LogP contribution in [0.5, 0.6) is 0 Å². The van der Waals surface area contributed by atoms with Crippen LogP contribution in [0.2, 0.25) is 0 Å². The second kappa shape index (κ2) is 6.32. The van der Waals surface area contributed by atoms with Gasteiger partial charge in [-0.25, -0.2) is 14.8 Å². The number of nitrogens with zero attached hydrogens (tertiary/aromatic N) is 3. The fourth-order valence-electron chi connectivity index (χ4n) is 4.72. The number of carbonyl (C=O) groups excluding carboxylic acids is 1. The van der Waals surface area contributed by atoms with Crippen molar-refractivity contribution in [2.75, 3.05) is 5.32 Å². The first-order chi connectivity index (χ1) is 13.1. The van der Waals surface area contributed by atoms with E-state index in [0.29, 0.717) is 18.0 Å². The fraction of sp³-hybridized carbons (Fsp3) is 0.500. The molecule has 27 heavy (non-hydrogen) atoms. The van der Waals surface area contributed by atoms with E-state index in [0.717, 1.165) is 47.1 Å². The zero-order chi connectivity index (χ0) is 18.5. The SMILES string of the molecule is Cc1ccc(NC(=O)N2C3CC(C)C[C@H]2C3)cc1-c1nccc(C2CC2)n1. The standard InChI is InChI=1S/C22H26N4O/c1-13-9-17-12-18(10-13)26(17)22(27)24-16-6-3-14(2)19(11-16)21-23-8-7-20(25-21)15-4-5-15/h3,6-8,11,13,15,17-18H,4-5,9-10,12H2,1-2H3,(H,24,27)/t13?,17-,18?/m0/s1. The minimum Gasteiger partial charge on any atom is -0.318 e. The van der Waals surface area contributed by atoms with Gasteiger partial charge in [0.1, 0.15) is 0 Å². The highest BCUT2D eigenvalue weighted by atomic mass is 16.2. The molecule has 2 aromatic rings. The molecule has 2 unspecified atom stereocenters. The van der Waals surface area contributed by atoms with Crippen LogP contribution < -0.4 is 5.32 Å². The number of aryl methyl sites for hydroxylation is 1. The lowest BCUT2D eigenvalue weighted by molar-refractivity contribution is -0.00600. The van der Waals surface area contributed by atoms with Crippen molar-refractivity contribution in [3.8, 4) is 11.4 Å². The fourth-order valence-corrected chi connectivity index (χ4v) is 4.72. The molecular weight excluding hydrogens is 336 g/mol. The monoisotopic (exact) mass is 362 g/mol. The normalized spacial score (nSPS) is 26.4. The zero-order valence-corrected chi connectivity index (χ0v) is 16.0. The van der Waals surface area contributed by atoms with Crippen LogP contribution in [0.3, 0.4) is 0 Å². The van der Waals surface area contributed by atoms with Gasteiger partial charge in [-0.1, -0.05) is 13.0 Å². The van der Waals surface area contributed by atoms with Crippen LogP contribution in [-0.2, 0) is 0 Å². The third kappa shape index (κ3) is 3.09. The van der Waals surface area contributed by atoms with Gasteiger partial charge in [0.2, 0.25) is 0 Å². The van der Waals surface area contributed by atoms with Gasteiger partial charge in [-0.15, -0.1) is 0 Å². The maximum absolute atomic E-state index is 12.8. The van der Waals surface area contributed by atoms with E-state index in [1.54, 1.807) is 0 Å². The van der Waals surface area contributed by atoms with Crippen LogP contribution >= 0.6 is 0 Å². The van der Waals surface area contributed by atoms with Gasteiger partial charge in [0.25, 0.3) is 0 Å². The Hall–Kier alpha value is -2.43. The lowest BCUT2D eigenvalue weighted by Gasteiger charge is -2.54. The highest BCUT2D eigenvalue weighted by molar-refractivity contribution is 5.91. The van der Waals surface area contributed by atoms with E-state index < -0.39 is 0 Å². The molecule has 2 aliphatic heterocycles. The molecule has 3 heterocycles. The summed E-state index contributed by atoms with van der Waals surface area (Å²) in [6.07, 6.45) is 7.72. The van der Waals surface area contributed by atoms with E-state index in [-0.39, 0.29) is 6.03 Å². The van der Waals surface area contributed by atoms with Crippen LogP contribution in [0.1, 0.15) is 56.2 Å². The van der Waals surface area contributed by atoms with Crippen LogP contribution in [0.25, 0.3) is 11.4 Å². The molecule has 3 fully saturated rings. The highest BCUT2D eigenvalue weighted by Gasteiger charge is 2.46. The zero-order valence-electron chi connectivity index (χ0n) is 16.0. The molecule has 5 heteroatoms. The average molecular weight is 362 g/mol. The average Bonchev–Trinajstić information content (AvgIpc) is 3.48. The molecule has 0 radical (unpaired) electrons. The summed E-state index contributed by atoms with van der Waals surface area (Å²) in [5.74, 6) is 2.09. The Kier molecular flexibility index (Phi) is 3.92. The second-order valence-corrected chi connectivity index (χ2v) is 8.57. The summed E-state index contributed by atoms with van der Waals surface area (Å²) < 4.78 is 0. The van der Waals surface area contributed by atoms with Gasteiger partial charge in [0.15, 0.2) is 5.82 Å². The summed E-state index contributed by atoms with van der Waals surface area (Å²) in [5, 5.41) is 3.11. The van der Waals surface area contributed by atoms with Crippen LogP contribution in [-0.4, -0.2) is 33.0 Å². The molecule has 2 bridgehead atoms. The van der Waals surface area contributed by atoms with Crippen molar-refractivity contribution in [2.45, 2.75) is 64.0 Å². The molecule has 5 rings (SSSR count). The summed E-state index contributed by atoms with van der Waals surface area (Å²) in [7, 11) is 0. The molecule has 140 valence electrons. The number of rotatable bonds is 3. The number of fused-ring (bicyclic) bond motifs is 2. The van der Waals surface area contributed by atoms with Crippen molar-refractivity contribution in [1.82, 2.24) is 14.9 Å². The van der Waals surface area contributed by atoms with Gasteiger partial charge in [-0.05, 0) is 68.7 Å². The minimum atomic E-state index is 0.0330. The van der Waals surface area contributed by atoms with E-state index in [4.69, 9.17) is 4.98 Å². The number of carbonyl (C=O) groups is 1. The maximum atomic E-state index is 12.8. The highest BCUT2D eigenvalue weighted by Crippen LogP contribution is 2.41. The largest absolute Gasteiger partial charge is 0.322 e. The quantitative estimate of drug-likeness (QED) is 0.858. The Balaban J connectivity index is 1.36. The van der Waals surface area contributed by atoms with Crippen molar-refractivity contribution in [1.29, 1.82) is 0 Å². The summed E-state index contributed by atoms with van der Waals surface area (Å²) in [6.45, 7) is 4.35. The Morgan fingerprint density at radius 1 is 1.15 bits per heavy atom. The summed E-state index contributed by atoms with van der Waals surface area (Å²) in [5.41, 5.74) is 4.07. The van der Waals surface area contributed by atoms with Gasteiger partial charge in [-0.3, -0.25) is 0 Å². The maximum Gasteiger partial charge on any atom is 0.322 e. The van der Waals surface area contributed by atoms with Crippen LogP contribution in [0, 0.1) is 12.8 Å². The van der Waals surface area contributed by atoms with E-state index in [2.05, 4.69) is 24.1 Å². The van der Waals surface area contributed by atoms with Crippen LogP contribution in [0.4, 0.5) is 10.5 Å². The molecule has 1 aromatic heterocycles.